The SMILES string of the molecule is CCNc1cc(C(=O)NCc2ncc(C)o2)ccn1. The Bertz CT molecular complexity index is 565. The molecule has 0 aliphatic carbocycles. The van der Waals surface area contributed by atoms with Gasteiger partial charge in [-0.25, -0.2) is 9.97 Å². The first-order valence-corrected chi connectivity index (χ1v) is 6.08. The summed E-state index contributed by atoms with van der Waals surface area (Å²) in [6.07, 6.45) is 3.22. The molecule has 2 aromatic heterocycles. The average Bonchev–Trinajstić information content (AvgIpc) is 2.82. The van der Waals surface area contributed by atoms with Crippen LogP contribution in [0.15, 0.2) is 28.9 Å². The maximum absolute atomic E-state index is 11.9. The molecule has 0 radical (unpaired) electrons. The molecule has 100 valence electrons. The third-order valence-electron chi connectivity index (χ3n) is 2.45. The minimum atomic E-state index is -0.183. The van der Waals surface area contributed by atoms with Crippen LogP contribution < -0.4 is 10.6 Å². The number of carbonyl (C=O) groups is 1. The fourth-order valence-electron chi connectivity index (χ4n) is 1.59. The predicted molar refractivity (Wildman–Crippen MR) is 70.8 cm³/mol. The molecule has 0 unspecified atom stereocenters. The van der Waals surface area contributed by atoms with Gasteiger partial charge in [0.05, 0.1) is 12.7 Å². The Labute approximate surface area is 111 Å². The van der Waals surface area contributed by atoms with Gasteiger partial charge in [0.1, 0.15) is 11.6 Å². The highest BCUT2D eigenvalue weighted by Crippen LogP contribution is 2.07. The molecule has 0 fully saturated rings. The number of carbonyl (C=O) groups excluding carboxylic acids is 1. The number of hydrogen-bond acceptors (Lipinski definition) is 5. The van der Waals surface area contributed by atoms with E-state index >= 15 is 0 Å². The molecule has 0 saturated carbocycles. The summed E-state index contributed by atoms with van der Waals surface area (Å²) in [4.78, 5) is 20.1. The molecule has 6 heteroatoms. The van der Waals surface area contributed by atoms with E-state index in [1.54, 1.807) is 24.5 Å². The number of nitrogens with one attached hydrogen (secondary N) is 2. The van der Waals surface area contributed by atoms with E-state index in [1.807, 2.05) is 13.8 Å². The van der Waals surface area contributed by atoms with Crippen LogP contribution in [0, 0.1) is 6.92 Å². The Kier molecular flexibility index (Phi) is 4.12. The van der Waals surface area contributed by atoms with Crippen molar-refractivity contribution in [2.45, 2.75) is 20.4 Å². The second-order valence-corrected chi connectivity index (χ2v) is 4.01. The van der Waals surface area contributed by atoms with Gasteiger partial charge in [-0.2, -0.15) is 0 Å². The summed E-state index contributed by atoms with van der Waals surface area (Å²) in [5, 5.41) is 5.81. The van der Waals surface area contributed by atoms with Gasteiger partial charge in [0.15, 0.2) is 0 Å². The number of oxazole rings is 1. The molecule has 0 spiro atoms. The number of hydrogen-bond donors (Lipinski definition) is 2. The largest absolute Gasteiger partial charge is 0.444 e. The Morgan fingerprint density at radius 2 is 2.26 bits per heavy atom. The third kappa shape index (κ3) is 3.54. The molecule has 2 rings (SSSR count). The number of aromatic nitrogens is 2. The van der Waals surface area contributed by atoms with Gasteiger partial charge in [0.25, 0.3) is 5.91 Å². The first-order chi connectivity index (χ1) is 9.19. The van der Waals surface area contributed by atoms with Crippen molar-refractivity contribution in [3.63, 3.8) is 0 Å². The highest BCUT2D eigenvalue weighted by Gasteiger charge is 2.08. The van der Waals surface area contributed by atoms with E-state index in [-0.39, 0.29) is 12.5 Å². The van der Waals surface area contributed by atoms with E-state index in [9.17, 15) is 4.79 Å². The maximum atomic E-state index is 11.9. The van der Waals surface area contributed by atoms with Gasteiger partial charge in [0.2, 0.25) is 5.89 Å². The first kappa shape index (κ1) is 13.1. The van der Waals surface area contributed by atoms with Crippen molar-refractivity contribution in [1.29, 1.82) is 0 Å². The highest BCUT2D eigenvalue weighted by atomic mass is 16.4. The smallest absolute Gasteiger partial charge is 0.251 e. The number of pyridine rings is 1. The molecule has 0 saturated heterocycles. The summed E-state index contributed by atoms with van der Waals surface area (Å²) in [5.74, 6) is 1.72. The normalized spacial score (nSPS) is 10.2. The van der Waals surface area contributed by atoms with Crippen LogP contribution in [0.2, 0.25) is 0 Å². The van der Waals surface area contributed by atoms with Crippen LogP contribution in [0.25, 0.3) is 0 Å². The summed E-state index contributed by atoms with van der Waals surface area (Å²) >= 11 is 0. The van der Waals surface area contributed by atoms with Gasteiger partial charge in [-0.15, -0.1) is 0 Å². The van der Waals surface area contributed by atoms with Crippen molar-refractivity contribution in [1.82, 2.24) is 15.3 Å². The molecule has 19 heavy (non-hydrogen) atoms. The van der Waals surface area contributed by atoms with E-state index in [4.69, 9.17) is 4.42 Å². The lowest BCUT2D eigenvalue weighted by Crippen LogP contribution is -2.23. The molecule has 0 aliphatic rings. The molecule has 2 N–H and O–H groups in total. The monoisotopic (exact) mass is 260 g/mol. The molecule has 0 aliphatic heterocycles. The van der Waals surface area contributed by atoms with E-state index in [1.165, 1.54) is 0 Å². The molecule has 6 nitrogen and oxygen atoms in total. The van der Waals surface area contributed by atoms with E-state index in [2.05, 4.69) is 20.6 Å². The fourth-order valence-corrected chi connectivity index (χ4v) is 1.59. The van der Waals surface area contributed by atoms with E-state index < -0.39 is 0 Å². The third-order valence-corrected chi connectivity index (χ3v) is 2.45. The Balaban J connectivity index is 1.97. The summed E-state index contributed by atoms with van der Waals surface area (Å²) in [6, 6.07) is 3.37. The molecule has 2 aromatic rings. The fraction of sp³-hybridized carbons (Fsp3) is 0.308. The van der Waals surface area contributed by atoms with Gasteiger partial charge >= 0.3 is 0 Å². The molecule has 0 bridgehead atoms. The van der Waals surface area contributed by atoms with Gasteiger partial charge in [0, 0.05) is 18.3 Å². The van der Waals surface area contributed by atoms with Gasteiger partial charge in [-0.05, 0) is 26.0 Å². The molecule has 0 aromatic carbocycles. The topological polar surface area (TPSA) is 80.0 Å². The minimum absolute atomic E-state index is 0.183. The lowest BCUT2D eigenvalue weighted by Gasteiger charge is -2.05. The zero-order valence-electron chi connectivity index (χ0n) is 10.9. The van der Waals surface area contributed by atoms with Crippen LogP contribution in [0.3, 0.4) is 0 Å². The van der Waals surface area contributed by atoms with Crippen molar-refractivity contribution < 1.29 is 9.21 Å². The van der Waals surface area contributed by atoms with E-state index in [0.717, 1.165) is 12.3 Å². The summed E-state index contributed by atoms with van der Waals surface area (Å²) in [5.41, 5.74) is 0.550. The maximum Gasteiger partial charge on any atom is 0.251 e. The Morgan fingerprint density at radius 1 is 1.42 bits per heavy atom. The first-order valence-electron chi connectivity index (χ1n) is 6.08. The van der Waals surface area contributed by atoms with Crippen LogP contribution >= 0.6 is 0 Å². The van der Waals surface area contributed by atoms with Crippen molar-refractivity contribution in [3.05, 3.63) is 41.7 Å². The van der Waals surface area contributed by atoms with Gasteiger partial charge in [-0.3, -0.25) is 4.79 Å². The molecular formula is C13H16N4O2. The van der Waals surface area contributed by atoms with E-state index in [0.29, 0.717) is 17.3 Å². The van der Waals surface area contributed by atoms with Crippen LogP contribution in [-0.4, -0.2) is 22.4 Å². The second-order valence-electron chi connectivity index (χ2n) is 4.01. The van der Waals surface area contributed by atoms with Crippen LogP contribution in [-0.2, 0) is 6.54 Å². The van der Waals surface area contributed by atoms with Crippen LogP contribution in [0.5, 0.6) is 0 Å². The lowest BCUT2D eigenvalue weighted by molar-refractivity contribution is 0.0947. The number of rotatable bonds is 5. The second kappa shape index (κ2) is 5.99. The van der Waals surface area contributed by atoms with Crippen molar-refractivity contribution in [2.75, 3.05) is 11.9 Å². The summed E-state index contributed by atoms with van der Waals surface area (Å²) < 4.78 is 5.28. The zero-order chi connectivity index (χ0) is 13.7. The molecule has 1 amide bonds. The average molecular weight is 260 g/mol. The number of nitrogens with zero attached hydrogens (tertiary/aromatic N) is 2. The molecular weight excluding hydrogens is 244 g/mol. The zero-order valence-corrected chi connectivity index (χ0v) is 10.9. The quantitative estimate of drug-likeness (QED) is 0.856. The van der Waals surface area contributed by atoms with Crippen molar-refractivity contribution in [3.8, 4) is 0 Å². The molecule has 2 heterocycles. The van der Waals surface area contributed by atoms with Crippen molar-refractivity contribution >= 4 is 11.7 Å². The van der Waals surface area contributed by atoms with Crippen LogP contribution in [0.1, 0.15) is 28.9 Å². The standard InChI is InChI=1S/C13H16N4O2/c1-3-14-11-6-10(4-5-15-11)13(18)17-8-12-16-7-9(2)19-12/h4-7H,3,8H2,1-2H3,(H,14,15)(H,17,18). The number of aryl methyl sites for hydroxylation is 1. The number of amides is 1. The van der Waals surface area contributed by atoms with Crippen molar-refractivity contribution in [2.24, 2.45) is 0 Å². The van der Waals surface area contributed by atoms with Gasteiger partial charge in [-0.1, -0.05) is 0 Å². The number of anilines is 1. The Morgan fingerprint density at radius 3 is 2.95 bits per heavy atom. The highest BCUT2D eigenvalue weighted by molar-refractivity contribution is 5.94. The van der Waals surface area contributed by atoms with Gasteiger partial charge < -0.3 is 15.1 Å². The molecule has 0 atom stereocenters. The summed E-state index contributed by atoms with van der Waals surface area (Å²) in [6.45, 7) is 4.81. The van der Waals surface area contributed by atoms with Crippen LogP contribution in [0.4, 0.5) is 5.82 Å². The summed E-state index contributed by atoms with van der Waals surface area (Å²) in [7, 11) is 0. The Hall–Kier alpha value is -2.37. The minimum Gasteiger partial charge on any atom is -0.444 e. The lowest BCUT2D eigenvalue weighted by atomic mass is 10.2. The predicted octanol–water partition coefficient (Wildman–Crippen LogP) is 1.74.